The van der Waals surface area contributed by atoms with E-state index in [1.165, 1.54) is 16.5 Å². The van der Waals surface area contributed by atoms with Gasteiger partial charge in [-0.05, 0) is 24.6 Å². The van der Waals surface area contributed by atoms with Crippen LogP contribution in [0, 0.1) is 0 Å². The van der Waals surface area contributed by atoms with Crippen LogP contribution in [0.4, 0.5) is 0 Å². The molecule has 92 valence electrons. The fourth-order valence-electron chi connectivity index (χ4n) is 2.06. The second-order valence-corrected chi connectivity index (χ2v) is 5.07. The monoisotopic (exact) mass is 250 g/mol. The van der Waals surface area contributed by atoms with E-state index in [2.05, 4.69) is 42.9 Å². The molecule has 0 atom stereocenters. The van der Waals surface area contributed by atoms with Gasteiger partial charge in [-0.15, -0.1) is 0 Å². The minimum absolute atomic E-state index is 0.502. The second kappa shape index (κ2) is 5.11. The number of halogens is 1. The first-order valence-electron chi connectivity index (χ1n) is 6.12. The van der Waals surface area contributed by atoms with Crippen LogP contribution in [0.25, 0.3) is 10.9 Å². The number of benzene rings is 1. The molecule has 0 radical (unpaired) electrons. The van der Waals surface area contributed by atoms with Gasteiger partial charge in [0.05, 0.1) is 0 Å². The van der Waals surface area contributed by atoms with E-state index in [-0.39, 0.29) is 0 Å². The largest absolute Gasteiger partial charge is 0.347 e. The smallest absolute Gasteiger partial charge is 0.0498 e. The summed E-state index contributed by atoms with van der Waals surface area (Å²) in [5.74, 6) is 0. The third-order valence-electron chi connectivity index (χ3n) is 2.97. The summed E-state index contributed by atoms with van der Waals surface area (Å²) >= 11 is 6.06. The number of aryl methyl sites for hydroxylation is 1. The van der Waals surface area contributed by atoms with Crippen molar-refractivity contribution in [1.82, 2.24) is 9.88 Å². The fourth-order valence-corrected chi connectivity index (χ4v) is 2.22. The molecule has 0 bridgehead atoms. The van der Waals surface area contributed by atoms with E-state index >= 15 is 0 Å². The molecule has 0 unspecified atom stereocenters. The highest BCUT2D eigenvalue weighted by molar-refractivity contribution is 6.31. The molecule has 0 spiro atoms. The number of nitrogens with zero attached hydrogens (tertiary/aromatic N) is 1. The topological polar surface area (TPSA) is 17.0 Å². The standard InChI is InChI=1S/C14H19ClN2/c1-4-17-9-11(8-16-10(2)3)13-6-5-12(15)7-14(13)17/h5-7,9-10,16H,4,8H2,1-3H3. The number of hydrogen-bond donors (Lipinski definition) is 1. The van der Waals surface area contributed by atoms with Gasteiger partial charge in [-0.25, -0.2) is 0 Å². The fraction of sp³-hybridized carbons (Fsp3) is 0.429. The number of nitrogens with one attached hydrogen (secondary N) is 1. The second-order valence-electron chi connectivity index (χ2n) is 4.64. The summed E-state index contributed by atoms with van der Waals surface area (Å²) in [6.45, 7) is 8.35. The molecule has 0 aliphatic heterocycles. The maximum Gasteiger partial charge on any atom is 0.0498 e. The highest BCUT2D eigenvalue weighted by atomic mass is 35.5. The molecule has 0 aliphatic carbocycles. The summed E-state index contributed by atoms with van der Waals surface area (Å²) in [6.07, 6.45) is 2.22. The molecular formula is C14H19ClN2. The zero-order valence-corrected chi connectivity index (χ0v) is 11.4. The summed E-state index contributed by atoms with van der Waals surface area (Å²) in [5.41, 5.74) is 2.56. The van der Waals surface area contributed by atoms with Crippen molar-refractivity contribution >= 4 is 22.5 Å². The van der Waals surface area contributed by atoms with Crippen molar-refractivity contribution < 1.29 is 0 Å². The van der Waals surface area contributed by atoms with Gasteiger partial charge in [-0.3, -0.25) is 0 Å². The first kappa shape index (κ1) is 12.5. The summed E-state index contributed by atoms with van der Waals surface area (Å²) in [6, 6.07) is 6.62. The van der Waals surface area contributed by atoms with E-state index in [0.717, 1.165) is 18.1 Å². The van der Waals surface area contributed by atoms with Crippen LogP contribution in [0.1, 0.15) is 26.3 Å². The first-order chi connectivity index (χ1) is 8.11. The highest BCUT2D eigenvalue weighted by Crippen LogP contribution is 2.24. The van der Waals surface area contributed by atoms with Crippen LogP contribution in [0.3, 0.4) is 0 Å². The maximum absolute atomic E-state index is 6.06. The summed E-state index contributed by atoms with van der Waals surface area (Å²) in [4.78, 5) is 0. The molecule has 0 aliphatic rings. The number of aromatic nitrogens is 1. The molecule has 2 rings (SSSR count). The predicted molar refractivity (Wildman–Crippen MR) is 74.6 cm³/mol. The minimum atomic E-state index is 0.502. The van der Waals surface area contributed by atoms with Crippen molar-refractivity contribution in [3.8, 4) is 0 Å². The van der Waals surface area contributed by atoms with Crippen molar-refractivity contribution in [2.45, 2.75) is 39.9 Å². The van der Waals surface area contributed by atoms with Crippen molar-refractivity contribution in [3.05, 3.63) is 35.0 Å². The molecule has 2 aromatic rings. The van der Waals surface area contributed by atoms with Crippen LogP contribution in [0.15, 0.2) is 24.4 Å². The zero-order valence-electron chi connectivity index (χ0n) is 10.6. The number of fused-ring (bicyclic) bond motifs is 1. The van der Waals surface area contributed by atoms with Crippen LogP contribution in [-0.4, -0.2) is 10.6 Å². The average molecular weight is 251 g/mol. The lowest BCUT2D eigenvalue weighted by atomic mass is 10.1. The molecule has 0 saturated carbocycles. The van der Waals surface area contributed by atoms with Crippen molar-refractivity contribution in [1.29, 1.82) is 0 Å². The lowest BCUT2D eigenvalue weighted by Gasteiger charge is -2.06. The molecule has 3 heteroatoms. The van der Waals surface area contributed by atoms with Gasteiger partial charge < -0.3 is 9.88 Å². The molecule has 0 amide bonds. The van der Waals surface area contributed by atoms with Crippen LogP contribution < -0.4 is 5.32 Å². The van der Waals surface area contributed by atoms with Crippen LogP contribution in [0.2, 0.25) is 5.02 Å². The Morgan fingerprint density at radius 3 is 2.76 bits per heavy atom. The Kier molecular flexibility index (Phi) is 3.75. The lowest BCUT2D eigenvalue weighted by molar-refractivity contribution is 0.589. The van der Waals surface area contributed by atoms with Crippen LogP contribution >= 0.6 is 11.6 Å². The van der Waals surface area contributed by atoms with Crippen molar-refractivity contribution in [3.63, 3.8) is 0 Å². The Bertz CT molecular complexity index is 514. The van der Waals surface area contributed by atoms with Crippen molar-refractivity contribution in [2.75, 3.05) is 0 Å². The molecule has 2 nitrogen and oxygen atoms in total. The maximum atomic E-state index is 6.06. The minimum Gasteiger partial charge on any atom is -0.347 e. The summed E-state index contributed by atoms with van der Waals surface area (Å²) in [5, 5.41) is 5.56. The molecule has 1 heterocycles. The molecular weight excluding hydrogens is 232 g/mol. The van der Waals surface area contributed by atoms with Gasteiger partial charge in [-0.1, -0.05) is 31.5 Å². The van der Waals surface area contributed by atoms with Gasteiger partial charge in [0.15, 0.2) is 0 Å². The van der Waals surface area contributed by atoms with Gasteiger partial charge in [0.2, 0.25) is 0 Å². The van der Waals surface area contributed by atoms with E-state index in [9.17, 15) is 0 Å². The van der Waals surface area contributed by atoms with Crippen molar-refractivity contribution in [2.24, 2.45) is 0 Å². The SMILES string of the molecule is CCn1cc(CNC(C)C)c2ccc(Cl)cc21. The Balaban J connectivity index is 2.42. The van der Waals surface area contributed by atoms with Crippen LogP contribution in [0.5, 0.6) is 0 Å². The van der Waals surface area contributed by atoms with Gasteiger partial charge in [-0.2, -0.15) is 0 Å². The normalized spacial score (nSPS) is 11.6. The molecule has 1 N–H and O–H groups in total. The van der Waals surface area contributed by atoms with Gasteiger partial charge in [0, 0.05) is 41.3 Å². The van der Waals surface area contributed by atoms with E-state index in [0.29, 0.717) is 6.04 Å². The molecule has 17 heavy (non-hydrogen) atoms. The highest BCUT2D eigenvalue weighted by Gasteiger charge is 2.08. The molecule has 1 aromatic heterocycles. The molecule has 0 saturated heterocycles. The summed E-state index contributed by atoms with van der Waals surface area (Å²) < 4.78 is 2.25. The Morgan fingerprint density at radius 1 is 1.35 bits per heavy atom. The average Bonchev–Trinajstić information content (AvgIpc) is 2.63. The van der Waals surface area contributed by atoms with Gasteiger partial charge in [0.1, 0.15) is 0 Å². The lowest BCUT2D eigenvalue weighted by Crippen LogP contribution is -2.21. The van der Waals surface area contributed by atoms with Gasteiger partial charge in [0.25, 0.3) is 0 Å². The van der Waals surface area contributed by atoms with E-state index in [1.807, 2.05) is 12.1 Å². The molecule has 1 aromatic carbocycles. The number of rotatable bonds is 4. The van der Waals surface area contributed by atoms with Crippen LogP contribution in [-0.2, 0) is 13.1 Å². The first-order valence-corrected chi connectivity index (χ1v) is 6.50. The third-order valence-corrected chi connectivity index (χ3v) is 3.20. The zero-order chi connectivity index (χ0) is 12.4. The number of hydrogen-bond acceptors (Lipinski definition) is 1. The quantitative estimate of drug-likeness (QED) is 0.873. The summed E-state index contributed by atoms with van der Waals surface area (Å²) in [7, 11) is 0. The Hall–Kier alpha value is -0.990. The third kappa shape index (κ3) is 2.64. The van der Waals surface area contributed by atoms with Gasteiger partial charge >= 0.3 is 0 Å². The predicted octanol–water partition coefficient (Wildman–Crippen LogP) is 3.81. The molecule has 0 fully saturated rings. The van der Waals surface area contributed by atoms with E-state index in [1.54, 1.807) is 0 Å². The Labute approximate surface area is 108 Å². The van der Waals surface area contributed by atoms with E-state index < -0.39 is 0 Å². The van der Waals surface area contributed by atoms with E-state index in [4.69, 9.17) is 11.6 Å². The Morgan fingerprint density at radius 2 is 2.12 bits per heavy atom.